The van der Waals surface area contributed by atoms with Crippen LogP contribution in [0.5, 0.6) is 0 Å². The zero-order chi connectivity index (χ0) is 38.8. The summed E-state index contributed by atoms with van der Waals surface area (Å²) in [4.78, 5) is 79.6. The summed E-state index contributed by atoms with van der Waals surface area (Å²) >= 11 is 0. The average Bonchev–Trinajstić information content (AvgIpc) is 3.12. The Morgan fingerprint density at radius 3 is 1.54 bits per heavy atom. The number of nitrogens with two attached hydrogens (primary N) is 3. The monoisotopic (exact) mass is 722 g/mol. The first kappa shape index (κ1) is 43.3. The molecule has 0 saturated heterocycles. The molecule has 6 amide bonds. The number of carbonyl (C=O) groups excluding carboxylic acids is 6. The summed E-state index contributed by atoms with van der Waals surface area (Å²) in [6.45, 7) is 9.13. The molecule has 0 fully saturated rings. The van der Waals surface area contributed by atoms with E-state index < -0.39 is 77.6 Å². The van der Waals surface area contributed by atoms with Crippen molar-refractivity contribution in [3.8, 4) is 0 Å². The molecule has 0 aromatic heterocycles. The first-order chi connectivity index (χ1) is 24.7. The van der Waals surface area contributed by atoms with Crippen molar-refractivity contribution in [2.45, 2.75) is 109 Å². The minimum absolute atomic E-state index is 0.0716. The lowest BCUT2D eigenvalue weighted by molar-refractivity contribution is -0.136. The number of carbonyl (C=O) groups is 6. The van der Waals surface area contributed by atoms with E-state index in [0.717, 1.165) is 17.5 Å². The number of nitrogens with one attached hydrogen (secondary N) is 5. The molecule has 14 heteroatoms. The molecule has 0 heterocycles. The van der Waals surface area contributed by atoms with Gasteiger partial charge in [-0.2, -0.15) is 0 Å². The number of primary amides is 1. The number of hydrogen-bond acceptors (Lipinski definition) is 8. The molecule has 2 aromatic rings. The van der Waals surface area contributed by atoms with Crippen LogP contribution in [-0.2, 0) is 41.6 Å². The van der Waals surface area contributed by atoms with E-state index in [0.29, 0.717) is 25.8 Å². The fourth-order valence-electron chi connectivity index (χ4n) is 5.42. The summed E-state index contributed by atoms with van der Waals surface area (Å²) in [5.41, 5.74) is 18.5. The van der Waals surface area contributed by atoms with Crippen LogP contribution in [0, 0.1) is 11.8 Å². The Kier molecular flexibility index (Phi) is 18.5. The van der Waals surface area contributed by atoms with E-state index in [4.69, 9.17) is 17.2 Å². The van der Waals surface area contributed by atoms with Crippen LogP contribution in [0.4, 0.5) is 0 Å². The third kappa shape index (κ3) is 14.4. The van der Waals surface area contributed by atoms with E-state index in [1.165, 1.54) is 6.92 Å². The van der Waals surface area contributed by atoms with Crippen molar-refractivity contribution in [3.63, 3.8) is 0 Å². The first-order valence-electron chi connectivity index (χ1n) is 18.0. The second kappa shape index (κ2) is 22.2. The van der Waals surface area contributed by atoms with Gasteiger partial charge >= 0.3 is 0 Å². The highest BCUT2D eigenvalue weighted by atomic mass is 16.2. The van der Waals surface area contributed by atoms with Crippen LogP contribution in [0.25, 0.3) is 0 Å². The lowest BCUT2D eigenvalue weighted by Gasteiger charge is -2.30. The van der Waals surface area contributed by atoms with E-state index in [1.807, 2.05) is 26.0 Å². The summed E-state index contributed by atoms with van der Waals surface area (Å²) in [6, 6.07) is 11.9. The van der Waals surface area contributed by atoms with Gasteiger partial charge in [-0.05, 0) is 49.3 Å². The van der Waals surface area contributed by atoms with Crippen molar-refractivity contribution in [2.75, 3.05) is 6.54 Å². The predicted octanol–water partition coefficient (Wildman–Crippen LogP) is 0.559. The SMILES string of the molecule is CC[C@H](C)[C@@H](NC(=O)[C@H](N)CCCCN)C(=O)N[C@@H](C(=O)N[C@H](Cc1ccccc1)C(=O)N[C@H](Cc1ccccc1)C(=O)N[C@H](C)C(N)=O)C(C)C. The highest BCUT2D eigenvalue weighted by molar-refractivity contribution is 5.96. The number of hydrogen-bond donors (Lipinski definition) is 8. The van der Waals surface area contributed by atoms with Crippen LogP contribution in [0.15, 0.2) is 60.7 Å². The Morgan fingerprint density at radius 1 is 0.615 bits per heavy atom. The van der Waals surface area contributed by atoms with Crippen molar-refractivity contribution >= 4 is 35.4 Å². The molecule has 0 saturated carbocycles. The molecule has 0 radical (unpaired) electrons. The van der Waals surface area contributed by atoms with Crippen LogP contribution < -0.4 is 43.8 Å². The maximum absolute atomic E-state index is 14.0. The molecule has 0 aliphatic rings. The van der Waals surface area contributed by atoms with Gasteiger partial charge in [0, 0.05) is 12.8 Å². The molecule has 0 aliphatic carbocycles. The van der Waals surface area contributed by atoms with Crippen LogP contribution in [0.1, 0.15) is 71.4 Å². The largest absolute Gasteiger partial charge is 0.368 e. The van der Waals surface area contributed by atoms with Gasteiger partial charge in [-0.15, -0.1) is 0 Å². The molecule has 7 atom stereocenters. The van der Waals surface area contributed by atoms with E-state index in [2.05, 4.69) is 26.6 Å². The van der Waals surface area contributed by atoms with Crippen molar-refractivity contribution in [1.82, 2.24) is 26.6 Å². The fraction of sp³-hybridized carbons (Fsp3) is 0.526. The van der Waals surface area contributed by atoms with Crippen molar-refractivity contribution in [3.05, 3.63) is 71.8 Å². The number of unbranched alkanes of at least 4 members (excludes halogenated alkanes) is 1. The third-order valence-corrected chi connectivity index (χ3v) is 8.96. The highest BCUT2D eigenvalue weighted by Gasteiger charge is 2.35. The van der Waals surface area contributed by atoms with Crippen molar-refractivity contribution < 1.29 is 28.8 Å². The maximum Gasteiger partial charge on any atom is 0.243 e. The van der Waals surface area contributed by atoms with Crippen LogP contribution >= 0.6 is 0 Å². The molecule has 14 nitrogen and oxygen atoms in total. The summed E-state index contributed by atoms with van der Waals surface area (Å²) in [7, 11) is 0. The molecule has 2 rings (SSSR count). The molecular weight excluding hydrogens is 664 g/mol. The molecule has 11 N–H and O–H groups in total. The molecular formula is C38H58N8O6. The molecule has 0 spiro atoms. The number of benzene rings is 2. The second-order valence-electron chi connectivity index (χ2n) is 13.6. The molecule has 52 heavy (non-hydrogen) atoms. The van der Waals surface area contributed by atoms with Gasteiger partial charge in [0.1, 0.15) is 30.2 Å². The minimum atomic E-state index is -1.16. The third-order valence-electron chi connectivity index (χ3n) is 8.96. The normalized spacial score (nSPS) is 15.2. The van der Waals surface area contributed by atoms with E-state index in [1.54, 1.807) is 62.4 Å². The molecule has 0 unspecified atom stereocenters. The quantitative estimate of drug-likeness (QED) is 0.0797. The smallest absolute Gasteiger partial charge is 0.243 e. The van der Waals surface area contributed by atoms with Gasteiger partial charge in [0.15, 0.2) is 0 Å². The van der Waals surface area contributed by atoms with Gasteiger partial charge in [0.05, 0.1) is 6.04 Å². The Labute approximate surface area is 307 Å². The number of amides is 6. The van der Waals surface area contributed by atoms with E-state index in [-0.39, 0.29) is 18.8 Å². The van der Waals surface area contributed by atoms with E-state index >= 15 is 0 Å². The standard InChI is InChI=1S/C38H58N8O6/c1-6-24(4)32(46-34(48)28(40)19-13-14-20-39)38(52)45-31(23(2)3)37(51)44-30(22-27-17-11-8-12-18-27)36(50)43-29(21-26-15-9-7-10-16-26)35(49)42-25(5)33(41)47/h7-12,15-18,23-25,28-32H,6,13-14,19-22,39-40H2,1-5H3,(H2,41,47)(H,42,49)(H,43,50)(H,44,51)(H,45,52)(H,46,48)/t24-,25+,28+,29+,30+,31+,32+/m0/s1. The van der Waals surface area contributed by atoms with Crippen molar-refractivity contribution in [2.24, 2.45) is 29.0 Å². The Bertz CT molecular complexity index is 1460. The molecule has 0 aliphatic heterocycles. The maximum atomic E-state index is 14.0. The van der Waals surface area contributed by atoms with Gasteiger partial charge < -0.3 is 43.8 Å². The van der Waals surface area contributed by atoms with Gasteiger partial charge in [0.25, 0.3) is 0 Å². The first-order valence-corrected chi connectivity index (χ1v) is 18.0. The second-order valence-corrected chi connectivity index (χ2v) is 13.6. The Balaban J connectivity index is 2.34. The van der Waals surface area contributed by atoms with Crippen LogP contribution in [-0.4, -0.2) is 78.2 Å². The lowest BCUT2D eigenvalue weighted by atomic mass is 9.95. The van der Waals surface area contributed by atoms with E-state index in [9.17, 15) is 28.8 Å². The predicted molar refractivity (Wildman–Crippen MR) is 200 cm³/mol. The summed E-state index contributed by atoms with van der Waals surface area (Å²) in [5, 5.41) is 13.7. The summed E-state index contributed by atoms with van der Waals surface area (Å²) in [5.74, 6) is -4.37. The molecule has 0 bridgehead atoms. The topological polar surface area (TPSA) is 241 Å². The van der Waals surface area contributed by atoms with Gasteiger partial charge in [-0.25, -0.2) is 0 Å². The van der Waals surface area contributed by atoms with Crippen LogP contribution in [0.3, 0.4) is 0 Å². The van der Waals surface area contributed by atoms with Gasteiger partial charge in [0.2, 0.25) is 35.4 Å². The van der Waals surface area contributed by atoms with Crippen molar-refractivity contribution in [1.29, 1.82) is 0 Å². The minimum Gasteiger partial charge on any atom is -0.368 e. The lowest BCUT2D eigenvalue weighted by Crippen LogP contribution is -2.61. The zero-order valence-electron chi connectivity index (χ0n) is 31.0. The molecule has 286 valence electrons. The fourth-order valence-corrected chi connectivity index (χ4v) is 5.42. The molecule has 2 aromatic carbocycles. The average molecular weight is 723 g/mol. The zero-order valence-corrected chi connectivity index (χ0v) is 31.0. The van der Waals surface area contributed by atoms with Crippen LogP contribution in [0.2, 0.25) is 0 Å². The van der Waals surface area contributed by atoms with Gasteiger partial charge in [-0.3, -0.25) is 28.8 Å². The summed E-state index contributed by atoms with van der Waals surface area (Å²) < 4.78 is 0. The van der Waals surface area contributed by atoms with Gasteiger partial charge in [-0.1, -0.05) is 101 Å². The Hall–Kier alpha value is -4.82. The Morgan fingerprint density at radius 2 is 1.08 bits per heavy atom. The summed E-state index contributed by atoms with van der Waals surface area (Å²) in [6.07, 6.45) is 2.54. The number of rotatable bonds is 22. The highest BCUT2D eigenvalue weighted by Crippen LogP contribution is 2.13.